The Morgan fingerprint density at radius 3 is 2.29 bits per heavy atom. The second-order valence-corrected chi connectivity index (χ2v) is 6.31. The maximum atomic E-state index is 10.7. The number of aromatic amines is 1. The predicted octanol–water partition coefficient (Wildman–Crippen LogP) is 2.65. The van der Waals surface area contributed by atoms with Crippen molar-refractivity contribution in [1.29, 1.82) is 0 Å². The monoisotopic (exact) mass is 523 g/mol. The summed E-state index contributed by atoms with van der Waals surface area (Å²) in [5, 5.41) is 19.9. The van der Waals surface area contributed by atoms with Crippen molar-refractivity contribution in [3.8, 4) is 0 Å². The standard InChI is InChI=1S/C9H6N2O4.2ClH.2H3N.H2O.Pt/c12-9(13)6-4-5-2-1-3-7(11(14)15)8(5)10-6;;;;;;/h1-4,10H,(H,12,13);2*1H;2*1H3;1H2;/q;;;;;;+4/p-2. The number of rotatable bonds is 2. The zero-order chi connectivity index (χ0) is 13.7. The number of nitrogens with one attached hydrogen (secondary N) is 1. The molecule has 0 saturated heterocycles. The van der Waals surface area contributed by atoms with Crippen LogP contribution in [-0.4, -0.2) is 26.5 Å². The van der Waals surface area contributed by atoms with E-state index in [4.69, 9.17) is 23.9 Å². The fourth-order valence-corrected chi connectivity index (χ4v) is 1.41. The molecule has 2 rings (SSSR count). The van der Waals surface area contributed by atoms with Gasteiger partial charge in [0.15, 0.2) is 0 Å². The third kappa shape index (κ3) is 6.38. The Morgan fingerprint density at radius 1 is 1.33 bits per heavy atom. The first kappa shape index (κ1) is 24.8. The normalized spacial score (nSPS) is 8.48. The average Bonchev–Trinajstić information content (AvgIpc) is 2.73. The van der Waals surface area contributed by atoms with Crippen LogP contribution in [-0.2, 0) is 16.5 Å². The van der Waals surface area contributed by atoms with Crippen molar-refractivity contribution in [1.82, 2.24) is 17.3 Å². The third-order valence-corrected chi connectivity index (χ3v) is 2.06. The number of aromatic carboxylic acids is 1. The molecule has 12 heteroatoms. The molecule has 2 aromatic rings. The second kappa shape index (κ2) is 11.4. The van der Waals surface area contributed by atoms with Gasteiger partial charge < -0.3 is 27.9 Å². The first-order valence-corrected chi connectivity index (χ1v) is 9.96. The molecule has 0 amide bonds. The quantitative estimate of drug-likeness (QED) is 0.344. The minimum atomic E-state index is -1.14. The summed E-state index contributed by atoms with van der Waals surface area (Å²) in [7, 11) is 9.75. The number of H-pyrrole nitrogens is 1. The number of aromatic nitrogens is 1. The summed E-state index contributed by atoms with van der Waals surface area (Å²) in [6, 6.07) is 5.82. The number of non-ortho nitro benzene ring substituents is 1. The molecule has 122 valence electrons. The summed E-state index contributed by atoms with van der Waals surface area (Å²) in [5.41, 5.74) is 0.0548. The van der Waals surface area contributed by atoms with E-state index in [1.165, 1.54) is 18.2 Å². The van der Waals surface area contributed by atoms with Gasteiger partial charge >= 0.3 is 41.3 Å². The summed E-state index contributed by atoms with van der Waals surface area (Å²) in [6.07, 6.45) is 0. The maximum absolute atomic E-state index is 10.7. The van der Waals surface area contributed by atoms with Gasteiger partial charge in [-0.25, -0.2) is 4.79 Å². The molecule has 0 unspecified atom stereocenters. The number of carboxylic acid groups (broad SMARTS) is 1. The van der Waals surface area contributed by atoms with Crippen LogP contribution in [0.3, 0.4) is 0 Å². The van der Waals surface area contributed by atoms with E-state index < -0.39 is 27.4 Å². The Kier molecular flexibility index (Phi) is 13.5. The van der Waals surface area contributed by atoms with Crippen LogP contribution in [0.25, 0.3) is 10.9 Å². The van der Waals surface area contributed by atoms with Crippen LogP contribution in [0.2, 0.25) is 0 Å². The van der Waals surface area contributed by atoms with Crippen LogP contribution in [0.1, 0.15) is 10.5 Å². The van der Waals surface area contributed by atoms with Crippen LogP contribution in [0.4, 0.5) is 5.69 Å². The van der Waals surface area contributed by atoms with Crippen LogP contribution in [0.5, 0.6) is 0 Å². The van der Waals surface area contributed by atoms with E-state index in [-0.39, 0.29) is 34.7 Å². The number of para-hydroxylation sites is 1. The summed E-state index contributed by atoms with van der Waals surface area (Å²) >= 11 is -0.472. The Morgan fingerprint density at radius 2 is 1.86 bits per heavy atom. The van der Waals surface area contributed by atoms with E-state index in [1.807, 2.05) is 0 Å². The van der Waals surface area contributed by atoms with E-state index in [1.54, 1.807) is 6.07 Å². The van der Waals surface area contributed by atoms with Crippen molar-refractivity contribution >= 4 is 41.4 Å². The molecule has 1 heterocycles. The van der Waals surface area contributed by atoms with Gasteiger partial charge in [-0.15, -0.1) is 0 Å². The number of benzene rings is 1. The molecular weight excluding hydrogens is 510 g/mol. The van der Waals surface area contributed by atoms with Crippen molar-refractivity contribution in [2.45, 2.75) is 0 Å². The molecule has 0 radical (unpaired) electrons. The van der Waals surface area contributed by atoms with E-state index in [0.717, 1.165) is 0 Å². The molecule has 21 heavy (non-hydrogen) atoms. The number of hydrogen-bond donors (Lipinski definition) is 4. The summed E-state index contributed by atoms with van der Waals surface area (Å²) in [5.74, 6) is -1.14. The molecule has 10 N–H and O–H groups in total. The van der Waals surface area contributed by atoms with Crippen molar-refractivity contribution in [3.05, 3.63) is 40.1 Å². The van der Waals surface area contributed by atoms with Crippen molar-refractivity contribution < 1.29 is 36.8 Å². The molecule has 9 nitrogen and oxygen atoms in total. The number of carboxylic acids is 1. The molecule has 0 aliphatic rings. The van der Waals surface area contributed by atoms with Crippen LogP contribution < -0.4 is 12.3 Å². The number of nitro benzene ring substituents is 1. The number of nitro groups is 1. The fourth-order valence-electron chi connectivity index (χ4n) is 1.41. The summed E-state index contributed by atoms with van der Waals surface area (Å²) in [6.45, 7) is 0. The average molecular weight is 524 g/mol. The summed E-state index contributed by atoms with van der Waals surface area (Å²) < 4.78 is 0. The molecule has 0 aliphatic heterocycles. The number of hydrogen-bond acceptors (Lipinski definition) is 5. The van der Waals surface area contributed by atoms with Crippen molar-refractivity contribution in [3.63, 3.8) is 0 Å². The molecule has 1 aromatic carbocycles. The Bertz CT molecular complexity index is 595. The van der Waals surface area contributed by atoms with Gasteiger partial charge in [0.2, 0.25) is 0 Å². The Labute approximate surface area is 135 Å². The predicted molar refractivity (Wildman–Crippen MR) is 77.3 cm³/mol. The third-order valence-electron chi connectivity index (χ3n) is 2.06. The van der Waals surface area contributed by atoms with Gasteiger partial charge in [0, 0.05) is 11.5 Å². The number of fused-ring (bicyclic) bond motifs is 1. The Balaban J connectivity index is -0.000000500. The number of carbonyl (C=O) groups is 1. The molecule has 0 spiro atoms. The molecule has 0 atom stereocenters. The molecular formula is C9H14Cl2N4O5Pt+2. The van der Waals surface area contributed by atoms with Gasteiger partial charge in [-0.05, 0) is 6.07 Å². The van der Waals surface area contributed by atoms with Gasteiger partial charge in [-0.2, -0.15) is 0 Å². The second-order valence-electron chi connectivity index (χ2n) is 3.03. The topological polar surface area (TPSA) is 198 Å². The molecule has 0 fully saturated rings. The number of halogens is 2. The van der Waals surface area contributed by atoms with E-state index in [0.29, 0.717) is 5.39 Å². The van der Waals surface area contributed by atoms with E-state index >= 15 is 0 Å². The minimum absolute atomic E-state index is 0. The summed E-state index contributed by atoms with van der Waals surface area (Å²) in [4.78, 5) is 23.2. The van der Waals surface area contributed by atoms with Crippen LogP contribution >= 0.6 is 18.8 Å². The van der Waals surface area contributed by atoms with Gasteiger partial charge in [0.05, 0.1) is 4.92 Å². The number of nitrogens with zero attached hydrogens (tertiary/aromatic N) is 1. The van der Waals surface area contributed by atoms with E-state index in [2.05, 4.69) is 4.98 Å². The van der Waals surface area contributed by atoms with Crippen LogP contribution in [0.15, 0.2) is 24.3 Å². The first-order valence-electron chi connectivity index (χ1n) is 4.33. The molecule has 0 saturated carbocycles. The first-order chi connectivity index (χ1) is 8.51. The zero-order valence-corrected chi connectivity index (χ0v) is 14.2. The molecule has 1 aromatic heterocycles. The van der Waals surface area contributed by atoms with E-state index in [9.17, 15) is 14.9 Å². The molecule has 0 aliphatic carbocycles. The van der Waals surface area contributed by atoms with Crippen LogP contribution in [0, 0.1) is 10.1 Å². The Hall–Kier alpha value is -1.22. The SMILES string of the molecule is N.N.O.O=C(O)c1cc2cccc([N+](=O)[O-])c2[nH]1.[Cl][Pt+2][Cl]. The van der Waals surface area contributed by atoms with Gasteiger partial charge in [-0.1, -0.05) is 12.1 Å². The zero-order valence-electron chi connectivity index (χ0n) is 10.4. The van der Waals surface area contributed by atoms with Crippen molar-refractivity contribution in [2.24, 2.45) is 0 Å². The van der Waals surface area contributed by atoms with Gasteiger partial charge in [0.1, 0.15) is 11.2 Å². The van der Waals surface area contributed by atoms with Gasteiger partial charge in [-0.3, -0.25) is 10.1 Å². The van der Waals surface area contributed by atoms with Gasteiger partial charge in [0.25, 0.3) is 5.69 Å². The molecule has 0 bridgehead atoms. The van der Waals surface area contributed by atoms with Crippen molar-refractivity contribution in [2.75, 3.05) is 0 Å². The fraction of sp³-hybridized carbons (Fsp3) is 0.